The molecule has 0 radical (unpaired) electrons. The van der Waals surface area contributed by atoms with Crippen LogP contribution in [0, 0.1) is 13.8 Å². The molecule has 2 atom stereocenters. The van der Waals surface area contributed by atoms with Gasteiger partial charge in [0.25, 0.3) is 0 Å². The van der Waals surface area contributed by atoms with Crippen molar-refractivity contribution in [2.24, 2.45) is 0 Å². The maximum absolute atomic E-state index is 11.7. The number of benzene rings is 2. The van der Waals surface area contributed by atoms with Crippen LogP contribution < -0.4 is 4.74 Å². The van der Waals surface area contributed by atoms with E-state index < -0.39 is 5.60 Å². The summed E-state index contributed by atoms with van der Waals surface area (Å²) in [5, 5.41) is 11.7. The summed E-state index contributed by atoms with van der Waals surface area (Å²) in [5.41, 5.74) is 4.04. The van der Waals surface area contributed by atoms with Crippen LogP contribution in [0.5, 0.6) is 5.75 Å². The Balaban J connectivity index is 1.60. The molecule has 0 saturated carbocycles. The Morgan fingerprint density at radius 3 is 2.15 bits per heavy atom. The first-order chi connectivity index (χ1) is 12.5. The predicted molar refractivity (Wildman–Crippen MR) is 104 cm³/mol. The molecule has 26 heavy (non-hydrogen) atoms. The van der Waals surface area contributed by atoms with Crippen LogP contribution >= 0.6 is 0 Å². The summed E-state index contributed by atoms with van der Waals surface area (Å²) < 4.78 is 5.40. The summed E-state index contributed by atoms with van der Waals surface area (Å²) in [6.07, 6.45) is 4.02. The highest BCUT2D eigenvalue weighted by Crippen LogP contribution is 2.48. The van der Waals surface area contributed by atoms with Gasteiger partial charge in [-0.05, 0) is 73.9 Å². The summed E-state index contributed by atoms with van der Waals surface area (Å²) >= 11 is 0. The molecule has 0 aromatic heterocycles. The van der Waals surface area contributed by atoms with Crippen LogP contribution in [0.25, 0.3) is 0 Å². The summed E-state index contributed by atoms with van der Waals surface area (Å²) in [7, 11) is 1.70. The first-order valence-electron chi connectivity index (χ1n) is 9.68. The molecule has 0 amide bonds. The number of ether oxygens (including phenoxy) is 1. The molecule has 2 fully saturated rings. The molecule has 4 rings (SSSR count). The van der Waals surface area contributed by atoms with Crippen LogP contribution in [0.15, 0.2) is 42.5 Å². The minimum Gasteiger partial charge on any atom is -0.497 e. The summed E-state index contributed by atoms with van der Waals surface area (Å²) in [5.74, 6) is 0.872. The second-order valence-electron chi connectivity index (χ2n) is 8.12. The van der Waals surface area contributed by atoms with E-state index in [1.54, 1.807) is 7.11 Å². The number of nitrogens with zero attached hydrogens (tertiary/aromatic N) is 1. The summed E-state index contributed by atoms with van der Waals surface area (Å²) in [6, 6.07) is 15.7. The Morgan fingerprint density at radius 2 is 1.62 bits per heavy atom. The van der Waals surface area contributed by atoms with Crippen molar-refractivity contribution >= 4 is 0 Å². The normalized spacial score (nSPS) is 28.3. The molecule has 3 heteroatoms. The average molecular weight is 351 g/mol. The molecule has 2 aliphatic heterocycles. The van der Waals surface area contributed by atoms with Crippen molar-refractivity contribution in [3.63, 3.8) is 0 Å². The number of aryl methyl sites for hydroxylation is 2. The van der Waals surface area contributed by atoms with E-state index in [2.05, 4.69) is 61.2 Å². The van der Waals surface area contributed by atoms with Gasteiger partial charge < -0.3 is 9.84 Å². The molecule has 2 unspecified atom stereocenters. The van der Waals surface area contributed by atoms with Crippen molar-refractivity contribution in [3.05, 3.63) is 64.7 Å². The topological polar surface area (TPSA) is 32.7 Å². The Labute approximate surface area is 156 Å². The van der Waals surface area contributed by atoms with Crippen molar-refractivity contribution in [1.82, 2.24) is 4.90 Å². The van der Waals surface area contributed by atoms with Crippen LogP contribution in [0.1, 0.15) is 47.9 Å². The molecule has 2 aromatic carbocycles. The van der Waals surface area contributed by atoms with Crippen molar-refractivity contribution in [2.75, 3.05) is 7.11 Å². The van der Waals surface area contributed by atoms with Crippen molar-refractivity contribution in [1.29, 1.82) is 0 Å². The Hall–Kier alpha value is -1.84. The van der Waals surface area contributed by atoms with Gasteiger partial charge in [0.1, 0.15) is 5.75 Å². The molecular formula is C23H29NO2. The van der Waals surface area contributed by atoms with Crippen LogP contribution in [0.4, 0.5) is 0 Å². The monoisotopic (exact) mass is 351 g/mol. The second-order valence-corrected chi connectivity index (χ2v) is 8.12. The molecular weight excluding hydrogens is 322 g/mol. The van der Waals surface area contributed by atoms with Gasteiger partial charge in [0.2, 0.25) is 0 Å². The van der Waals surface area contributed by atoms with E-state index in [4.69, 9.17) is 4.74 Å². The van der Waals surface area contributed by atoms with Crippen molar-refractivity contribution < 1.29 is 9.84 Å². The average Bonchev–Trinajstić information content (AvgIpc) is 2.86. The Bertz CT molecular complexity index is 749. The molecule has 2 aromatic rings. The van der Waals surface area contributed by atoms with E-state index in [1.807, 2.05) is 0 Å². The van der Waals surface area contributed by atoms with Gasteiger partial charge in [-0.2, -0.15) is 0 Å². The maximum atomic E-state index is 11.7. The molecule has 0 spiro atoms. The molecule has 1 N–H and O–H groups in total. The lowest BCUT2D eigenvalue weighted by Gasteiger charge is -2.45. The highest BCUT2D eigenvalue weighted by molar-refractivity contribution is 5.45. The van der Waals surface area contributed by atoms with Crippen LogP contribution in [-0.2, 0) is 12.1 Å². The van der Waals surface area contributed by atoms with Gasteiger partial charge in [0.05, 0.1) is 12.7 Å². The van der Waals surface area contributed by atoms with Crippen LogP contribution in [-0.4, -0.2) is 29.2 Å². The van der Waals surface area contributed by atoms with E-state index >= 15 is 0 Å². The smallest absolute Gasteiger partial charge is 0.119 e. The van der Waals surface area contributed by atoms with Crippen molar-refractivity contribution in [3.8, 4) is 5.75 Å². The maximum Gasteiger partial charge on any atom is 0.119 e. The SMILES string of the molecule is COc1cc(C)c(C2(O)CC3CCC(C2)N3Cc2ccccc2)c(C)c1. The first kappa shape index (κ1) is 17.6. The zero-order valence-corrected chi connectivity index (χ0v) is 16.0. The summed E-state index contributed by atoms with van der Waals surface area (Å²) in [4.78, 5) is 2.62. The van der Waals surface area contributed by atoms with E-state index in [9.17, 15) is 5.11 Å². The molecule has 138 valence electrons. The van der Waals surface area contributed by atoms with E-state index in [-0.39, 0.29) is 0 Å². The van der Waals surface area contributed by atoms with Gasteiger partial charge in [-0.15, -0.1) is 0 Å². The van der Waals surface area contributed by atoms with Gasteiger partial charge in [-0.25, -0.2) is 0 Å². The Morgan fingerprint density at radius 1 is 1.04 bits per heavy atom. The second kappa shape index (κ2) is 6.71. The van der Waals surface area contributed by atoms with E-state index in [1.165, 1.54) is 18.4 Å². The van der Waals surface area contributed by atoms with Gasteiger partial charge in [-0.1, -0.05) is 30.3 Å². The molecule has 0 aliphatic carbocycles. The lowest BCUT2D eigenvalue weighted by Crippen LogP contribution is -2.49. The predicted octanol–water partition coefficient (Wildman–Crippen LogP) is 4.33. The number of hydrogen-bond acceptors (Lipinski definition) is 3. The van der Waals surface area contributed by atoms with Crippen LogP contribution in [0.3, 0.4) is 0 Å². The largest absolute Gasteiger partial charge is 0.497 e. The summed E-state index contributed by atoms with van der Waals surface area (Å²) in [6.45, 7) is 5.19. The van der Waals surface area contributed by atoms with Gasteiger partial charge >= 0.3 is 0 Å². The van der Waals surface area contributed by atoms with Gasteiger partial charge in [-0.3, -0.25) is 4.90 Å². The highest BCUT2D eigenvalue weighted by atomic mass is 16.5. The molecule has 2 bridgehead atoms. The fourth-order valence-electron chi connectivity index (χ4n) is 5.35. The van der Waals surface area contributed by atoms with Gasteiger partial charge in [0.15, 0.2) is 0 Å². The third-order valence-electron chi connectivity index (χ3n) is 6.33. The van der Waals surface area contributed by atoms with Gasteiger partial charge in [0, 0.05) is 18.6 Å². The number of fused-ring (bicyclic) bond motifs is 2. The third kappa shape index (κ3) is 3.04. The third-order valence-corrected chi connectivity index (χ3v) is 6.33. The quantitative estimate of drug-likeness (QED) is 0.890. The minimum atomic E-state index is -0.723. The zero-order valence-electron chi connectivity index (χ0n) is 16.0. The van der Waals surface area contributed by atoms with Crippen molar-refractivity contribution in [2.45, 2.75) is 63.8 Å². The fraction of sp³-hybridized carbons (Fsp3) is 0.478. The van der Waals surface area contributed by atoms with Crippen LogP contribution in [0.2, 0.25) is 0 Å². The highest BCUT2D eigenvalue weighted by Gasteiger charge is 2.49. The number of hydrogen-bond donors (Lipinski definition) is 1. The zero-order chi connectivity index (χ0) is 18.3. The fourth-order valence-corrected chi connectivity index (χ4v) is 5.35. The van der Waals surface area contributed by atoms with E-state index in [0.29, 0.717) is 12.1 Å². The minimum absolute atomic E-state index is 0.458. The molecule has 3 nitrogen and oxygen atoms in total. The number of methoxy groups -OCH3 is 1. The molecule has 2 heterocycles. The first-order valence-corrected chi connectivity index (χ1v) is 9.68. The number of aliphatic hydroxyl groups is 1. The number of piperidine rings is 1. The standard InChI is InChI=1S/C23H29NO2/c1-16-11-21(26-3)12-17(2)22(16)23(25)13-19-9-10-20(14-23)24(19)15-18-7-5-4-6-8-18/h4-8,11-12,19-20,25H,9-10,13-15H2,1-3H3. The number of rotatable bonds is 4. The lowest BCUT2D eigenvalue weighted by molar-refractivity contribution is -0.0602. The van der Waals surface area contributed by atoms with E-state index in [0.717, 1.165) is 41.8 Å². The molecule has 2 aliphatic rings. The Kier molecular flexibility index (Phi) is 4.54. The lowest BCUT2D eigenvalue weighted by atomic mass is 9.76. The molecule has 2 saturated heterocycles.